The quantitative estimate of drug-likeness (QED) is 0.446. The third-order valence-electron chi connectivity index (χ3n) is 5.29. The normalized spacial score (nSPS) is 11.4. The van der Waals surface area contributed by atoms with Gasteiger partial charge in [0.2, 0.25) is 0 Å². The molecule has 0 atom stereocenters. The fourth-order valence-corrected chi connectivity index (χ4v) is 3.46. The number of hydrogen-bond acceptors (Lipinski definition) is 4. The van der Waals surface area contributed by atoms with Crippen molar-refractivity contribution in [3.05, 3.63) is 76.6 Å². The third-order valence-corrected chi connectivity index (χ3v) is 5.29. The standard InChI is InChI=1S/C24H27N5O2/c1-17-13-21(18(2)29(17)11-12-31-4)14-22(15-25)24(30)27-23-7-5-20(6-8-23)16-28-10-9-26-19(28)3/h5-10,13-14H,11-12,16H2,1-4H3,(H,27,30)/b22-14-. The maximum absolute atomic E-state index is 12.7. The predicted octanol–water partition coefficient (Wildman–Crippen LogP) is 3.85. The number of carbonyl (C=O) groups excluding carboxylic acids is 1. The Morgan fingerprint density at radius 2 is 2.00 bits per heavy atom. The van der Waals surface area contributed by atoms with Gasteiger partial charge in [-0.15, -0.1) is 0 Å². The first-order chi connectivity index (χ1) is 14.9. The molecule has 1 aromatic carbocycles. The molecular formula is C24H27N5O2. The van der Waals surface area contributed by atoms with Crippen molar-refractivity contribution >= 4 is 17.7 Å². The summed E-state index contributed by atoms with van der Waals surface area (Å²) in [5.74, 6) is 0.519. The van der Waals surface area contributed by atoms with Gasteiger partial charge in [0.1, 0.15) is 17.5 Å². The van der Waals surface area contributed by atoms with E-state index in [1.807, 2.05) is 67.9 Å². The minimum Gasteiger partial charge on any atom is -0.383 e. The largest absolute Gasteiger partial charge is 0.383 e. The van der Waals surface area contributed by atoms with Gasteiger partial charge in [-0.3, -0.25) is 4.79 Å². The molecule has 1 amide bonds. The second-order valence-electron chi connectivity index (χ2n) is 7.39. The molecule has 0 radical (unpaired) electrons. The predicted molar refractivity (Wildman–Crippen MR) is 121 cm³/mol. The molecule has 160 valence electrons. The molecule has 0 saturated heterocycles. The minimum absolute atomic E-state index is 0.0603. The smallest absolute Gasteiger partial charge is 0.266 e. The van der Waals surface area contributed by atoms with Gasteiger partial charge in [0, 0.05) is 49.7 Å². The lowest BCUT2D eigenvalue weighted by atomic mass is 10.1. The van der Waals surface area contributed by atoms with Crippen LogP contribution in [0.5, 0.6) is 0 Å². The van der Waals surface area contributed by atoms with Crippen LogP contribution in [0, 0.1) is 32.1 Å². The average molecular weight is 418 g/mol. The van der Waals surface area contributed by atoms with Crippen LogP contribution in [0.1, 0.15) is 28.3 Å². The number of methoxy groups -OCH3 is 1. The molecule has 0 aliphatic carbocycles. The molecule has 0 unspecified atom stereocenters. The minimum atomic E-state index is -0.428. The summed E-state index contributed by atoms with van der Waals surface area (Å²) >= 11 is 0. The first-order valence-electron chi connectivity index (χ1n) is 10.1. The molecular weight excluding hydrogens is 390 g/mol. The zero-order valence-electron chi connectivity index (χ0n) is 18.3. The summed E-state index contributed by atoms with van der Waals surface area (Å²) in [7, 11) is 1.67. The van der Waals surface area contributed by atoms with Crippen LogP contribution in [0.3, 0.4) is 0 Å². The molecule has 0 aliphatic rings. The van der Waals surface area contributed by atoms with Gasteiger partial charge < -0.3 is 19.2 Å². The molecule has 31 heavy (non-hydrogen) atoms. The Morgan fingerprint density at radius 1 is 1.26 bits per heavy atom. The van der Waals surface area contributed by atoms with Crippen molar-refractivity contribution in [3.63, 3.8) is 0 Å². The number of imidazole rings is 1. The van der Waals surface area contributed by atoms with Crippen LogP contribution in [0.15, 0.2) is 48.3 Å². The lowest BCUT2D eigenvalue weighted by Crippen LogP contribution is -2.13. The Kier molecular flexibility index (Phi) is 7.06. The molecule has 0 aliphatic heterocycles. The van der Waals surface area contributed by atoms with Crippen molar-refractivity contribution in [2.45, 2.75) is 33.9 Å². The zero-order chi connectivity index (χ0) is 22.4. The highest BCUT2D eigenvalue weighted by atomic mass is 16.5. The lowest BCUT2D eigenvalue weighted by molar-refractivity contribution is -0.112. The van der Waals surface area contributed by atoms with Crippen molar-refractivity contribution in [3.8, 4) is 6.07 Å². The molecule has 0 fully saturated rings. The fourth-order valence-electron chi connectivity index (χ4n) is 3.46. The number of rotatable bonds is 8. The van der Waals surface area contributed by atoms with Crippen LogP contribution in [0.2, 0.25) is 0 Å². The Bertz CT molecular complexity index is 1130. The van der Waals surface area contributed by atoms with Crippen LogP contribution >= 0.6 is 0 Å². The van der Waals surface area contributed by atoms with E-state index in [1.165, 1.54) is 0 Å². The molecule has 1 N–H and O–H groups in total. The molecule has 3 rings (SSSR count). The van der Waals surface area contributed by atoms with Crippen molar-refractivity contribution in [2.24, 2.45) is 0 Å². The van der Waals surface area contributed by atoms with Gasteiger partial charge in [-0.1, -0.05) is 12.1 Å². The second-order valence-corrected chi connectivity index (χ2v) is 7.39. The number of nitriles is 1. The van der Waals surface area contributed by atoms with Crippen molar-refractivity contribution < 1.29 is 9.53 Å². The molecule has 3 aromatic rings. The van der Waals surface area contributed by atoms with Crippen LogP contribution in [-0.4, -0.2) is 33.7 Å². The monoisotopic (exact) mass is 417 g/mol. The Morgan fingerprint density at radius 3 is 2.61 bits per heavy atom. The summed E-state index contributed by atoms with van der Waals surface area (Å²) in [4.78, 5) is 16.9. The van der Waals surface area contributed by atoms with Crippen molar-refractivity contribution in [2.75, 3.05) is 19.0 Å². The third kappa shape index (κ3) is 5.30. The summed E-state index contributed by atoms with van der Waals surface area (Å²) in [6.45, 7) is 7.96. The number of ether oxygens (including phenoxy) is 1. The number of nitrogens with one attached hydrogen (secondary N) is 1. The van der Waals surface area contributed by atoms with E-state index in [0.717, 1.165) is 34.9 Å². The number of nitrogens with zero attached hydrogens (tertiary/aromatic N) is 4. The van der Waals surface area contributed by atoms with E-state index in [0.29, 0.717) is 18.8 Å². The maximum atomic E-state index is 12.7. The number of benzene rings is 1. The van der Waals surface area contributed by atoms with Crippen LogP contribution < -0.4 is 5.32 Å². The van der Waals surface area contributed by atoms with Gasteiger partial charge in [0.25, 0.3) is 5.91 Å². The van der Waals surface area contributed by atoms with Crippen molar-refractivity contribution in [1.29, 1.82) is 5.26 Å². The molecule has 7 nitrogen and oxygen atoms in total. The summed E-state index contributed by atoms with van der Waals surface area (Å²) in [6.07, 6.45) is 5.34. The molecule has 2 aromatic heterocycles. The average Bonchev–Trinajstić information content (AvgIpc) is 3.28. The van der Waals surface area contributed by atoms with E-state index in [1.54, 1.807) is 19.4 Å². The van der Waals surface area contributed by atoms with Crippen LogP contribution in [-0.2, 0) is 22.6 Å². The van der Waals surface area contributed by atoms with Gasteiger partial charge in [-0.05, 0) is 56.2 Å². The molecule has 2 heterocycles. The lowest BCUT2D eigenvalue weighted by Gasteiger charge is -2.09. The van der Waals surface area contributed by atoms with Crippen LogP contribution in [0.25, 0.3) is 6.08 Å². The number of aromatic nitrogens is 3. The molecule has 7 heteroatoms. The SMILES string of the molecule is COCCn1c(C)cc(/C=C(/C#N)C(=O)Nc2ccc(Cn3ccnc3C)cc2)c1C. The number of aryl methyl sites for hydroxylation is 2. The highest BCUT2D eigenvalue weighted by molar-refractivity contribution is 6.09. The Balaban J connectivity index is 1.71. The maximum Gasteiger partial charge on any atom is 0.266 e. The second kappa shape index (κ2) is 9.92. The van der Waals surface area contributed by atoms with Crippen molar-refractivity contribution in [1.82, 2.24) is 14.1 Å². The number of amides is 1. The molecule has 0 saturated carbocycles. The van der Waals surface area contributed by atoms with E-state index in [9.17, 15) is 10.1 Å². The molecule has 0 bridgehead atoms. The Hall–Kier alpha value is -3.63. The number of carbonyl (C=O) groups is 1. The van der Waals surface area contributed by atoms with Crippen LogP contribution in [0.4, 0.5) is 5.69 Å². The van der Waals surface area contributed by atoms with Gasteiger partial charge >= 0.3 is 0 Å². The molecule has 0 spiro atoms. The van der Waals surface area contributed by atoms with E-state index in [4.69, 9.17) is 4.74 Å². The van der Waals surface area contributed by atoms with E-state index in [2.05, 4.69) is 14.9 Å². The first-order valence-corrected chi connectivity index (χ1v) is 10.1. The van der Waals surface area contributed by atoms with Gasteiger partial charge in [-0.25, -0.2) is 4.98 Å². The zero-order valence-corrected chi connectivity index (χ0v) is 18.3. The van der Waals surface area contributed by atoms with Gasteiger partial charge in [-0.2, -0.15) is 5.26 Å². The van der Waals surface area contributed by atoms with E-state index < -0.39 is 5.91 Å². The highest BCUT2D eigenvalue weighted by Gasteiger charge is 2.13. The Labute approximate surface area is 182 Å². The summed E-state index contributed by atoms with van der Waals surface area (Å²) < 4.78 is 9.32. The van der Waals surface area contributed by atoms with E-state index >= 15 is 0 Å². The summed E-state index contributed by atoms with van der Waals surface area (Å²) in [5.41, 5.74) is 4.70. The van der Waals surface area contributed by atoms with Gasteiger partial charge in [0.05, 0.1) is 6.61 Å². The fraction of sp³-hybridized carbons (Fsp3) is 0.292. The summed E-state index contributed by atoms with van der Waals surface area (Å²) in [5, 5.41) is 12.4. The number of anilines is 1. The topological polar surface area (TPSA) is 84.9 Å². The van der Waals surface area contributed by atoms with E-state index in [-0.39, 0.29) is 5.57 Å². The van der Waals surface area contributed by atoms with Gasteiger partial charge in [0.15, 0.2) is 0 Å². The summed E-state index contributed by atoms with van der Waals surface area (Å²) in [6, 6.07) is 11.6. The highest BCUT2D eigenvalue weighted by Crippen LogP contribution is 2.19. The number of hydrogen-bond donors (Lipinski definition) is 1. The first kappa shape index (κ1) is 22.1.